The lowest BCUT2D eigenvalue weighted by atomic mass is 10.0. The zero-order valence-electron chi connectivity index (χ0n) is 17.3. The van der Waals surface area contributed by atoms with E-state index in [4.69, 9.17) is 0 Å². The van der Waals surface area contributed by atoms with Crippen LogP contribution in [0, 0.1) is 19.7 Å². The highest BCUT2D eigenvalue weighted by molar-refractivity contribution is 5.94. The first-order valence-electron chi connectivity index (χ1n) is 9.99. The molecule has 1 aliphatic rings. The van der Waals surface area contributed by atoms with Crippen molar-refractivity contribution >= 4 is 17.5 Å². The van der Waals surface area contributed by atoms with Crippen LogP contribution in [0.4, 0.5) is 14.9 Å². The first-order chi connectivity index (χ1) is 13.8. The van der Waals surface area contributed by atoms with Crippen molar-refractivity contribution in [3.63, 3.8) is 0 Å². The number of hydrogen-bond donors (Lipinski definition) is 1. The molecule has 3 rings (SSSR count). The molecule has 0 atom stereocenters. The summed E-state index contributed by atoms with van der Waals surface area (Å²) in [5.74, 6) is -0.554. The first-order valence-corrected chi connectivity index (χ1v) is 9.99. The summed E-state index contributed by atoms with van der Waals surface area (Å²) in [6.45, 7) is 8.34. The van der Waals surface area contributed by atoms with Crippen molar-refractivity contribution in [2.75, 3.05) is 37.6 Å². The number of amides is 2. The van der Waals surface area contributed by atoms with Gasteiger partial charge in [-0.1, -0.05) is 23.8 Å². The summed E-state index contributed by atoms with van der Waals surface area (Å²) in [5, 5.41) is 2.99. The standard InChI is InChI=1S/C23H28FN3O2/c1-16-4-5-19(17(2)14-16)8-9-25-23(29)27-12-10-26(11-13-27)22-7-6-20(18(3)28)15-21(22)24/h4-7,14-15H,8-13H2,1-3H3,(H,25,29). The zero-order valence-corrected chi connectivity index (χ0v) is 17.3. The molecule has 0 aliphatic carbocycles. The number of aryl methyl sites for hydroxylation is 2. The van der Waals surface area contributed by atoms with Crippen LogP contribution in [0.5, 0.6) is 0 Å². The maximum absolute atomic E-state index is 14.3. The number of urea groups is 1. The van der Waals surface area contributed by atoms with E-state index in [9.17, 15) is 14.0 Å². The molecule has 0 spiro atoms. The van der Waals surface area contributed by atoms with E-state index in [0.717, 1.165) is 6.42 Å². The molecule has 0 aromatic heterocycles. The number of piperazine rings is 1. The number of anilines is 1. The van der Waals surface area contributed by atoms with Gasteiger partial charge in [0, 0.05) is 38.3 Å². The first kappa shape index (κ1) is 20.8. The van der Waals surface area contributed by atoms with Crippen molar-refractivity contribution in [2.24, 2.45) is 0 Å². The zero-order chi connectivity index (χ0) is 21.0. The number of ketones is 1. The maximum atomic E-state index is 14.3. The molecule has 0 unspecified atom stereocenters. The Morgan fingerprint density at radius 1 is 1.03 bits per heavy atom. The van der Waals surface area contributed by atoms with Gasteiger partial charge in [-0.25, -0.2) is 9.18 Å². The largest absolute Gasteiger partial charge is 0.366 e. The SMILES string of the molecule is CC(=O)c1ccc(N2CCN(C(=O)NCCc3ccc(C)cc3C)CC2)c(F)c1. The second kappa shape index (κ2) is 9.07. The Bertz CT molecular complexity index is 905. The second-order valence-electron chi connectivity index (χ2n) is 7.61. The van der Waals surface area contributed by atoms with Crippen LogP contribution in [0.2, 0.25) is 0 Å². The Balaban J connectivity index is 1.48. The van der Waals surface area contributed by atoms with E-state index >= 15 is 0 Å². The summed E-state index contributed by atoms with van der Waals surface area (Å²) < 4.78 is 14.3. The monoisotopic (exact) mass is 397 g/mol. The minimum atomic E-state index is -0.399. The van der Waals surface area contributed by atoms with Crippen molar-refractivity contribution in [3.8, 4) is 0 Å². The third-order valence-corrected chi connectivity index (χ3v) is 5.43. The van der Waals surface area contributed by atoms with Gasteiger partial charge in [-0.2, -0.15) is 0 Å². The molecule has 1 aliphatic heterocycles. The van der Waals surface area contributed by atoms with Gasteiger partial charge in [0.2, 0.25) is 0 Å². The molecule has 0 bridgehead atoms. The van der Waals surface area contributed by atoms with Crippen LogP contribution in [0.3, 0.4) is 0 Å². The Morgan fingerprint density at radius 2 is 1.76 bits per heavy atom. The van der Waals surface area contributed by atoms with Gasteiger partial charge in [-0.3, -0.25) is 4.79 Å². The van der Waals surface area contributed by atoms with Gasteiger partial charge in [0.1, 0.15) is 5.82 Å². The number of hydrogen-bond acceptors (Lipinski definition) is 3. The number of nitrogens with zero attached hydrogens (tertiary/aromatic N) is 2. The van der Waals surface area contributed by atoms with Crippen molar-refractivity contribution in [3.05, 3.63) is 64.5 Å². The smallest absolute Gasteiger partial charge is 0.317 e. The van der Waals surface area contributed by atoms with Crippen LogP contribution < -0.4 is 10.2 Å². The van der Waals surface area contributed by atoms with Crippen molar-refractivity contribution in [1.82, 2.24) is 10.2 Å². The molecule has 6 heteroatoms. The molecule has 1 saturated heterocycles. The molecular weight excluding hydrogens is 369 g/mol. The Labute approximate surface area is 171 Å². The fourth-order valence-electron chi connectivity index (χ4n) is 3.67. The van der Waals surface area contributed by atoms with Crippen LogP contribution in [0.15, 0.2) is 36.4 Å². The van der Waals surface area contributed by atoms with Crippen LogP contribution >= 0.6 is 0 Å². The lowest BCUT2D eigenvalue weighted by Crippen LogP contribution is -2.52. The number of halogens is 1. The minimum Gasteiger partial charge on any atom is -0.366 e. The molecule has 2 aromatic carbocycles. The maximum Gasteiger partial charge on any atom is 0.317 e. The Hall–Kier alpha value is -2.89. The molecule has 0 saturated carbocycles. The quantitative estimate of drug-likeness (QED) is 0.783. The van der Waals surface area contributed by atoms with Crippen LogP contribution in [-0.4, -0.2) is 49.4 Å². The van der Waals surface area contributed by atoms with Gasteiger partial charge in [0.15, 0.2) is 5.78 Å². The van der Waals surface area contributed by atoms with Gasteiger partial charge >= 0.3 is 6.03 Å². The van der Waals surface area contributed by atoms with Gasteiger partial charge < -0.3 is 15.1 Å². The Morgan fingerprint density at radius 3 is 2.38 bits per heavy atom. The van der Waals surface area contributed by atoms with Crippen LogP contribution in [0.1, 0.15) is 34.0 Å². The van der Waals surface area contributed by atoms with E-state index in [-0.39, 0.29) is 11.8 Å². The summed E-state index contributed by atoms with van der Waals surface area (Å²) >= 11 is 0. The van der Waals surface area contributed by atoms with Gasteiger partial charge in [-0.05, 0) is 56.5 Å². The van der Waals surface area contributed by atoms with Crippen molar-refractivity contribution in [1.29, 1.82) is 0 Å². The number of carbonyl (C=O) groups excluding carboxylic acids is 2. The summed E-state index contributed by atoms with van der Waals surface area (Å²) in [5.41, 5.74) is 4.56. The number of benzene rings is 2. The number of Topliss-reactive ketones (excluding diaryl/α,β-unsaturated/α-hetero) is 1. The van der Waals surface area contributed by atoms with E-state index in [2.05, 4.69) is 37.4 Å². The van der Waals surface area contributed by atoms with Crippen LogP contribution in [0.25, 0.3) is 0 Å². The molecule has 29 heavy (non-hydrogen) atoms. The highest BCUT2D eigenvalue weighted by atomic mass is 19.1. The highest BCUT2D eigenvalue weighted by Gasteiger charge is 2.23. The minimum absolute atomic E-state index is 0.0817. The fraction of sp³-hybridized carbons (Fsp3) is 0.391. The Kier molecular flexibility index (Phi) is 6.52. The van der Waals surface area contributed by atoms with Crippen molar-refractivity contribution in [2.45, 2.75) is 27.2 Å². The normalized spacial score (nSPS) is 14.1. The summed E-state index contributed by atoms with van der Waals surface area (Å²) in [7, 11) is 0. The van der Waals surface area contributed by atoms with E-state index in [1.807, 2.05) is 4.90 Å². The van der Waals surface area contributed by atoms with E-state index < -0.39 is 5.82 Å². The molecule has 154 valence electrons. The fourth-order valence-corrected chi connectivity index (χ4v) is 3.67. The van der Waals surface area contributed by atoms with Gasteiger partial charge in [-0.15, -0.1) is 0 Å². The number of rotatable bonds is 5. The van der Waals surface area contributed by atoms with Gasteiger partial charge in [0.05, 0.1) is 5.69 Å². The summed E-state index contributed by atoms with van der Waals surface area (Å²) in [4.78, 5) is 27.5. The van der Waals surface area contributed by atoms with E-state index in [0.29, 0.717) is 44.0 Å². The molecule has 2 amide bonds. The molecule has 1 fully saturated rings. The number of nitrogens with one attached hydrogen (secondary N) is 1. The lowest BCUT2D eigenvalue weighted by molar-refractivity contribution is 0.101. The predicted octanol–water partition coefficient (Wildman–Crippen LogP) is 3.72. The number of carbonyl (C=O) groups is 2. The third-order valence-electron chi connectivity index (χ3n) is 5.43. The molecular formula is C23H28FN3O2. The third kappa shape index (κ3) is 5.13. The average molecular weight is 397 g/mol. The summed E-state index contributed by atoms with van der Waals surface area (Å²) in [6.07, 6.45) is 0.797. The highest BCUT2D eigenvalue weighted by Crippen LogP contribution is 2.22. The predicted molar refractivity (Wildman–Crippen MR) is 113 cm³/mol. The summed E-state index contributed by atoms with van der Waals surface area (Å²) in [6, 6.07) is 10.8. The van der Waals surface area contributed by atoms with E-state index in [1.165, 1.54) is 29.7 Å². The average Bonchev–Trinajstić information content (AvgIpc) is 2.69. The lowest BCUT2D eigenvalue weighted by Gasteiger charge is -2.36. The molecule has 1 heterocycles. The van der Waals surface area contributed by atoms with Gasteiger partial charge in [0.25, 0.3) is 0 Å². The molecule has 0 radical (unpaired) electrons. The van der Waals surface area contributed by atoms with E-state index in [1.54, 1.807) is 17.0 Å². The molecule has 5 nitrogen and oxygen atoms in total. The van der Waals surface area contributed by atoms with Crippen molar-refractivity contribution < 1.29 is 14.0 Å². The topological polar surface area (TPSA) is 52.7 Å². The molecule has 2 aromatic rings. The molecule has 1 N–H and O–H groups in total. The van der Waals surface area contributed by atoms with Crippen LogP contribution in [-0.2, 0) is 6.42 Å². The second-order valence-corrected chi connectivity index (χ2v) is 7.61.